The second-order valence-electron chi connectivity index (χ2n) is 8.03. The molecule has 3 N–H and O–H groups in total. The Bertz CT molecular complexity index is 1100. The van der Waals surface area contributed by atoms with Crippen molar-refractivity contribution in [2.24, 2.45) is 0 Å². The Labute approximate surface area is 169 Å². The fourth-order valence-corrected chi connectivity index (χ4v) is 2.92. The highest BCUT2D eigenvalue weighted by atomic mass is 16.5. The topological polar surface area (TPSA) is 96.1 Å². The van der Waals surface area contributed by atoms with Crippen LogP contribution >= 0.6 is 0 Å². The number of aromatic amines is 1. The average Bonchev–Trinajstić information content (AvgIpc) is 2.64. The third kappa shape index (κ3) is 4.93. The van der Waals surface area contributed by atoms with Crippen LogP contribution in [0.2, 0.25) is 0 Å². The lowest BCUT2D eigenvalue weighted by atomic mass is 10.1. The van der Waals surface area contributed by atoms with Crippen LogP contribution < -0.4 is 20.9 Å². The van der Waals surface area contributed by atoms with Crippen molar-refractivity contribution in [2.75, 3.05) is 12.4 Å². The van der Waals surface area contributed by atoms with Crippen molar-refractivity contribution in [2.45, 2.75) is 39.8 Å². The number of ether oxygens (including phenoxy) is 1. The number of carbonyl (C=O) groups is 1. The number of nitrogens with one attached hydrogen (secondary N) is 3. The summed E-state index contributed by atoms with van der Waals surface area (Å²) in [5.41, 5.74) is 1.77. The molecule has 0 atom stereocenters. The molecule has 0 unspecified atom stereocenters. The van der Waals surface area contributed by atoms with E-state index in [1.54, 1.807) is 6.07 Å². The van der Waals surface area contributed by atoms with Gasteiger partial charge in [0.25, 0.3) is 11.5 Å². The molecule has 2 aromatic heterocycles. The largest absolute Gasteiger partial charge is 0.496 e. The zero-order chi connectivity index (χ0) is 21.2. The highest BCUT2D eigenvalue weighted by molar-refractivity contribution is 5.98. The van der Waals surface area contributed by atoms with E-state index in [0.717, 1.165) is 11.1 Å². The normalized spacial score (nSPS) is 11.3. The fourth-order valence-electron chi connectivity index (χ4n) is 2.92. The van der Waals surface area contributed by atoms with Crippen LogP contribution in [0.4, 0.5) is 5.82 Å². The minimum Gasteiger partial charge on any atom is -0.496 e. The van der Waals surface area contributed by atoms with Crippen molar-refractivity contribution in [1.82, 2.24) is 15.3 Å². The molecule has 7 nitrogen and oxygen atoms in total. The van der Waals surface area contributed by atoms with Crippen molar-refractivity contribution in [3.8, 4) is 5.75 Å². The molecule has 7 heteroatoms. The first kappa shape index (κ1) is 20.4. The molecule has 0 fully saturated rings. The van der Waals surface area contributed by atoms with Gasteiger partial charge in [-0.05, 0) is 39.3 Å². The molecule has 0 bridgehead atoms. The SMILES string of the molecule is COc1cc(NC(C)(C)C)nc2[nH]c(=O)c(C(=O)NCc3ccc(C)cc3)cc12. The zero-order valence-corrected chi connectivity index (χ0v) is 17.3. The third-order valence-electron chi connectivity index (χ3n) is 4.33. The molecule has 1 aromatic carbocycles. The van der Waals surface area contributed by atoms with Gasteiger partial charge >= 0.3 is 0 Å². The van der Waals surface area contributed by atoms with Gasteiger partial charge < -0.3 is 20.4 Å². The number of hydrogen-bond acceptors (Lipinski definition) is 5. The highest BCUT2D eigenvalue weighted by Crippen LogP contribution is 2.27. The summed E-state index contributed by atoms with van der Waals surface area (Å²) in [5, 5.41) is 6.60. The molecule has 0 saturated carbocycles. The van der Waals surface area contributed by atoms with Crippen molar-refractivity contribution in [3.63, 3.8) is 0 Å². The molecular formula is C22H26N4O3. The number of nitrogens with zero attached hydrogens (tertiary/aromatic N) is 1. The molecule has 3 aromatic rings. The van der Waals surface area contributed by atoms with Crippen LogP contribution in [0.1, 0.15) is 42.3 Å². The van der Waals surface area contributed by atoms with E-state index in [4.69, 9.17) is 4.74 Å². The summed E-state index contributed by atoms with van der Waals surface area (Å²) in [6, 6.07) is 11.1. The van der Waals surface area contributed by atoms with E-state index in [0.29, 0.717) is 29.1 Å². The zero-order valence-electron chi connectivity index (χ0n) is 17.3. The number of methoxy groups -OCH3 is 1. The molecule has 0 aliphatic heterocycles. The van der Waals surface area contributed by atoms with Gasteiger partial charge in [0, 0.05) is 18.2 Å². The average molecular weight is 394 g/mol. The van der Waals surface area contributed by atoms with E-state index in [9.17, 15) is 9.59 Å². The number of fused-ring (bicyclic) bond motifs is 1. The maximum absolute atomic E-state index is 12.6. The molecule has 0 aliphatic rings. The van der Waals surface area contributed by atoms with Crippen LogP contribution in [0.25, 0.3) is 11.0 Å². The van der Waals surface area contributed by atoms with Gasteiger partial charge in [-0.15, -0.1) is 0 Å². The summed E-state index contributed by atoms with van der Waals surface area (Å²) < 4.78 is 5.46. The highest BCUT2D eigenvalue weighted by Gasteiger charge is 2.17. The monoisotopic (exact) mass is 394 g/mol. The quantitative estimate of drug-likeness (QED) is 0.616. The lowest BCUT2D eigenvalue weighted by molar-refractivity contribution is 0.0949. The van der Waals surface area contributed by atoms with E-state index in [2.05, 4.69) is 20.6 Å². The fraction of sp³-hybridized carbons (Fsp3) is 0.318. The van der Waals surface area contributed by atoms with Gasteiger partial charge in [0.15, 0.2) is 0 Å². The number of H-pyrrole nitrogens is 1. The summed E-state index contributed by atoms with van der Waals surface area (Å²) >= 11 is 0. The third-order valence-corrected chi connectivity index (χ3v) is 4.33. The number of anilines is 1. The van der Waals surface area contributed by atoms with E-state index in [-0.39, 0.29) is 11.1 Å². The molecule has 0 spiro atoms. The Hall–Kier alpha value is -3.35. The summed E-state index contributed by atoms with van der Waals surface area (Å²) in [4.78, 5) is 32.3. The van der Waals surface area contributed by atoms with E-state index >= 15 is 0 Å². The first-order valence-corrected chi connectivity index (χ1v) is 9.40. The van der Waals surface area contributed by atoms with Crippen LogP contribution in [0.15, 0.2) is 41.2 Å². The molecule has 152 valence electrons. The van der Waals surface area contributed by atoms with Crippen LogP contribution in [-0.2, 0) is 6.54 Å². The minimum absolute atomic E-state index is 0.0150. The smallest absolute Gasteiger partial charge is 0.262 e. The minimum atomic E-state index is -0.499. The molecule has 2 heterocycles. The van der Waals surface area contributed by atoms with Crippen molar-refractivity contribution < 1.29 is 9.53 Å². The molecule has 0 saturated heterocycles. The van der Waals surface area contributed by atoms with Gasteiger partial charge in [-0.25, -0.2) is 4.98 Å². The Morgan fingerprint density at radius 2 is 1.86 bits per heavy atom. The first-order valence-electron chi connectivity index (χ1n) is 9.40. The molecule has 1 amide bonds. The van der Waals surface area contributed by atoms with Crippen molar-refractivity contribution in [3.05, 3.63) is 63.4 Å². The molecule has 0 radical (unpaired) electrons. The van der Waals surface area contributed by atoms with E-state index < -0.39 is 11.5 Å². The lowest BCUT2D eigenvalue weighted by Crippen LogP contribution is -2.29. The number of amides is 1. The summed E-state index contributed by atoms with van der Waals surface area (Å²) in [6.45, 7) is 8.36. The van der Waals surface area contributed by atoms with Crippen LogP contribution in [0, 0.1) is 6.92 Å². The number of aromatic nitrogens is 2. The van der Waals surface area contributed by atoms with Crippen LogP contribution in [0.5, 0.6) is 5.75 Å². The predicted molar refractivity (Wildman–Crippen MR) is 115 cm³/mol. The maximum atomic E-state index is 12.6. The number of hydrogen-bond donors (Lipinski definition) is 3. The molecule has 0 aliphatic carbocycles. The van der Waals surface area contributed by atoms with Gasteiger partial charge in [0.05, 0.1) is 12.5 Å². The van der Waals surface area contributed by atoms with E-state index in [1.165, 1.54) is 13.2 Å². The van der Waals surface area contributed by atoms with Crippen LogP contribution in [0.3, 0.4) is 0 Å². The lowest BCUT2D eigenvalue weighted by Gasteiger charge is -2.22. The standard InChI is InChI=1S/C22H26N4O3/c1-13-6-8-14(9-7-13)12-23-20(27)16-10-15-17(29-5)11-18(26-22(2,3)4)24-19(15)25-21(16)28/h6-11H,12H2,1-5H3,(H,23,27)(H2,24,25,26,28). The van der Waals surface area contributed by atoms with Gasteiger partial charge in [0.1, 0.15) is 22.8 Å². The maximum Gasteiger partial charge on any atom is 0.262 e. The summed E-state index contributed by atoms with van der Waals surface area (Å²) in [5.74, 6) is 0.646. The van der Waals surface area contributed by atoms with Crippen molar-refractivity contribution >= 4 is 22.8 Å². The Kier molecular flexibility index (Phi) is 5.59. The van der Waals surface area contributed by atoms with Gasteiger partial charge in [-0.3, -0.25) is 9.59 Å². The number of benzene rings is 1. The predicted octanol–water partition coefficient (Wildman–Crippen LogP) is 3.38. The Morgan fingerprint density at radius 3 is 2.48 bits per heavy atom. The number of carbonyl (C=O) groups excluding carboxylic acids is 1. The summed E-state index contributed by atoms with van der Waals surface area (Å²) in [7, 11) is 1.54. The van der Waals surface area contributed by atoms with Crippen LogP contribution in [-0.4, -0.2) is 28.5 Å². The second kappa shape index (κ2) is 7.95. The second-order valence-corrected chi connectivity index (χ2v) is 8.03. The Balaban J connectivity index is 1.91. The first-order chi connectivity index (χ1) is 13.7. The van der Waals surface area contributed by atoms with Gasteiger partial charge in [-0.2, -0.15) is 0 Å². The van der Waals surface area contributed by atoms with Gasteiger partial charge in [0.2, 0.25) is 0 Å². The molecule has 3 rings (SSSR count). The Morgan fingerprint density at radius 1 is 1.17 bits per heavy atom. The molecular weight excluding hydrogens is 368 g/mol. The summed E-state index contributed by atoms with van der Waals surface area (Å²) in [6.07, 6.45) is 0. The number of rotatable bonds is 5. The number of aryl methyl sites for hydroxylation is 1. The van der Waals surface area contributed by atoms with Gasteiger partial charge in [-0.1, -0.05) is 29.8 Å². The van der Waals surface area contributed by atoms with E-state index in [1.807, 2.05) is 52.0 Å². The number of pyridine rings is 2. The van der Waals surface area contributed by atoms with Crippen molar-refractivity contribution in [1.29, 1.82) is 0 Å². The molecule has 29 heavy (non-hydrogen) atoms.